The maximum absolute atomic E-state index is 4.72. The van der Waals surface area contributed by atoms with E-state index in [0.29, 0.717) is 0 Å². The van der Waals surface area contributed by atoms with Gasteiger partial charge in [0.05, 0.1) is 23.9 Å². The van der Waals surface area contributed by atoms with Gasteiger partial charge in [-0.3, -0.25) is 0 Å². The van der Waals surface area contributed by atoms with Gasteiger partial charge in [-0.15, -0.1) is 11.3 Å². The fourth-order valence-corrected chi connectivity index (χ4v) is 3.09. The molecule has 0 unspecified atom stereocenters. The summed E-state index contributed by atoms with van der Waals surface area (Å²) in [5, 5.41) is 4.48. The molecule has 4 nitrogen and oxygen atoms in total. The largest absolute Gasteiger partial charge is 0.329 e. The van der Waals surface area contributed by atoms with Crippen LogP contribution < -0.4 is 5.32 Å². The first-order chi connectivity index (χ1) is 7.88. The van der Waals surface area contributed by atoms with Gasteiger partial charge in [0.15, 0.2) is 0 Å². The van der Waals surface area contributed by atoms with Crippen molar-refractivity contribution in [3.8, 4) is 10.7 Å². The average Bonchev–Trinajstić information content (AvgIpc) is 2.94. The Kier molecular flexibility index (Phi) is 2.49. The van der Waals surface area contributed by atoms with Crippen molar-refractivity contribution >= 4 is 11.3 Å². The Hall–Kier alpha value is -1.20. The molecule has 0 bridgehead atoms. The highest BCUT2D eigenvalue weighted by molar-refractivity contribution is 7.15. The van der Waals surface area contributed by atoms with E-state index >= 15 is 0 Å². The molecular weight excluding hydrogens is 220 g/mol. The summed E-state index contributed by atoms with van der Waals surface area (Å²) in [6, 6.07) is 0. The van der Waals surface area contributed by atoms with E-state index < -0.39 is 0 Å². The first kappa shape index (κ1) is 9.99. The minimum Gasteiger partial charge on any atom is -0.329 e. The van der Waals surface area contributed by atoms with Gasteiger partial charge in [0.1, 0.15) is 5.01 Å². The van der Waals surface area contributed by atoms with Gasteiger partial charge < -0.3 is 9.88 Å². The van der Waals surface area contributed by atoms with E-state index in [1.54, 1.807) is 11.3 Å². The highest BCUT2D eigenvalue weighted by atomic mass is 32.1. The van der Waals surface area contributed by atoms with E-state index in [2.05, 4.69) is 21.8 Å². The molecule has 16 heavy (non-hydrogen) atoms. The summed E-state index contributed by atoms with van der Waals surface area (Å²) in [5.41, 5.74) is 2.41. The van der Waals surface area contributed by atoms with Crippen molar-refractivity contribution in [1.29, 1.82) is 0 Å². The van der Waals surface area contributed by atoms with Crippen molar-refractivity contribution in [3.63, 3.8) is 0 Å². The van der Waals surface area contributed by atoms with Crippen LogP contribution in [0.3, 0.4) is 0 Å². The highest BCUT2D eigenvalue weighted by Gasteiger charge is 2.17. The van der Waals surface area contributed by atoms with Crippen LogP contribution in [-0.4, -0.2) is 21.1 Å². The molecular formula is C11H14N4S. The lowest BCUT2D eigenvalue weighted by Crippen LogP contribution is -2.22. The van der Waals surface area contributed by atoms with Crippen molar-refractivity contribution in [2.24, 2.45) is 0 Å². The van der Waals surface area contributed by atoms with E-state index in [9.17, 15) is 0 Å². The lowest BCUT2D eigenvalue weighted by molar-refractivity contribution is 0.644. The molecule has 1 aliphatic heterocycles. The first-order valence-corrected chi connectivity index (χ1v) is 6.40. The summed E-state index contributed by atoms with van der Waals surface area (Å²) in [6.07, 6.45) is 4.82. The third-order valence-electron chi connectivity index (χ3n) is 2.87. The molecule has 0 radical (unpaired) electrons. The van der Waals surface area contributed by atoms with Crippen molar-refractivity contribution in [1.82, 2.24) is 19.9 Å². The second-order valence-electron chi connectivity index (χ2n) is 3.88. The molecule has 0 atom stereocenters. The normalized spacial score (nSPS) is 15.1. The number of fused-ring (bicyclic) bond motifs is 1. The van der Waals surface area contributed by atoms with Crippen molar-refractivity contribution in [3.05, 3.63) is 23.1 Å². The number of thiazole rings is 1. The summed E-state index contributed by atoms with van der Waals surface area (Å²) in [5.74, 6) is 0. The number of aryl methyl sites for hydroxylation is 1. The molecule has 0 aromatic carbocycles. The number of nitrogens with one attached hydrogen (secondary N) is 1. The molecule has 5 heteroatoms. The Morgan fingerprint density at radius 3 is 3.31 bits per heavy atom. The van der Waals surface area contributed by atoms with E-state index in [1.807, 2.05) is 12.5 Å². The predicted molar refractivity (Wildman–Crippen MR) is 64.4 cm³/mol. The van der Waals surface area contributed by atoms with Gasteiger partial charge in [0, 0.05) is 30.9 Å². The number of hydrogen-bond donors (Lipinski definition) is 1. The summed E-state index contributed by atoms with van der Waals surface area (Å²) in [6.45, 7) is 5.08. The molecule has 3 heterocycles. The van der Waals surface area contributed by atoms with Gasteiger partial charge in [-0.2, -0.15) is 0 Å². The lowest BCUT2D eigenvalue weighted by Gasteiger charge is -2.09. The van der Waals surface area contributed by atoms with Gasteiger partial charge in [-0.25, -0.2) is 9.97 Å². The van der Waals surface area contributed by atoms with Crippen LogP contribution in [0, 0.1) is 0 Å². The van der Waals surface area contributed by atoms with Crippen LogP contribution in [0.5, 0.6) is 0 Å². The zero-order valence-electron chi connectivity index (χ0n) is 9.23. The van der Waals surface area contributed by atoms with E-state index in [0.717, 1.165) is 36.8 Å². The molecule has 0 saturated heterocycles. The number of hydrogen-bond acceptors (Lipinski definition) is 4. The highest BCUT2D eigenvalue weighted by Crippen LogP contribution is 2.29. The van der Waals surface area contributed by atoms with Gasteiger partial charge in [-0.05, 0) is 6.92 Å². The third kappa shape index (κ3) is 1.56. The Balaban J connectivity index is 2.03. The van der Waals surface area contributed by atoms with Crippen LogP contribution in [-0.2, 0) is 19.5 Å². The topological polar surface area (TPSA) is 42.7 Å². The predicted octanol–water partition coefficient (Wildman–Crippen LogP) is 1.67. The lowest BCUT2D eigenvalue weighted by atomic mass is 10.2. The summed E-state index contributed by atoms with van der Waals surface area (Å²) < 4.78 is 2.14. The molecule has 0 aliphatic carbocycles. The van der Waals surface area contributed by atoms with Gasteiger partial charge in [-0.1, -0.05) is 0 Å². The van der Waals surface area contributed by atoms with E-state index in [-0.39, 0.29) is 0 Å². The van der Waals surface area contributed by atoms with Crippen LogP contribution in [0.25, 0.3) is 10.7 Å². The number of rotatable bonds is 2. The van der Waals surface area contributed by atoms with Crippen LogP contribution in [0.15, 0.2) is 12.5 Å². The van der Waals surface area contributed by atoms with Crippen LogP contribution in [0.1, 0.15) is 17.5 Å². The monoisotopic (exact) mass is 234 g/mol. The Labute approximate surface area is 98.4 Å². The van der Waals surface area contributed by atoms with Crippen molar-refractivity contribution < 1.29 is 0 Å². The van der Waals surface area contributed by atoms with Crippen molar-refractivity contribution in [2.45, 2.75) is 26.4 Å². The van der Waals surface area contributed by atoms with E-state index in [1.165, 1.54) is 10.6 Å². The van der Waals surface area contributed by atoms with Crippen LogP contribution in [0.2, 0.25) is 0 Å². The molecule has 1 N–H and O–H groups in total. The Bertz CT molecular complexity index is 476. The maximum Gasteiger partial charge on any atom is 0.142 e. The zero-order chi connectivity index (χ0) is 11.0. The molecule has 0 spiro atoms. The first-order valence-electron chi connectivity index (χ1n) is 5.58. The molecule has 2 aromatic rings. The SMILES string of the molecule is CCn1cncc1-c1nc2c(s1)CNCC2. The minimum absolute atomic E-state index is 0.942. The minimum atomic E-state index is 0.942. The van der Waals surface area contributed by atoms with Crippen molar-refractivity contribution in [2.75, 3.05) is 6.54 Å². The van der Waals surface area contributed by atoms with Gasteiger partial charge in [0.25, 0.3) is 0 Å². The molecule has 0 saturated carbocycles. The fraction of sp³-hybridized carbons (Fsp3) is 0.455. The standard InChI is InChI=1S/C11H14N4S/c1-2-15-7-13-5-9(15)11-14-8-3-4-12-6-10(8)16-11/h5,7,12H,2-4,6H2,1H3. The quantitative estimate of drug-likeness (QED) is 0.859. The second-order valence-corrected chi connectivity index (χ2v) is 4.96. The third-order valence-corrected chi connectivity index (χ3v) is 3.99. The second kappa shape index (κ2) is 3.99. The molecule has 0 amide bonds. The number of imidazole rings is 1. The van der Waals surface area contributed by atoms with Gasteiger partial charge >= 0.3 is 0 Å². The number of nitrogens with zero attached hydrogens (tertiary/aromatic N) is 3. The summed E-state index contributed by atoms with van der Waals surface area (Å²) >= 11 is 1.79. The van der Waals surface area contributed by atoms with Gasteiger partial charge in [0.2, 0.25) is 0 Å². The molecule has 0 fully saturated rings. The zero-order valence-corrected chi connectivity index (χ0v) is 10.0. The number of aromatic nitrogens is 3. The van der Waals surface area contributed by atoms with Crippen LogP contribution in [0.4, 0.5) is 0 Å². The Morgan fingerprint density at radius 1 is 1.56 bits per heavy atom. The van der Waals surface area contributed by atoms with E-state index in [4.69, 9.17) is 4.98 Å². The van der Waals surface area contributed by atoms with Crippen LogP contribution >= 0.6 is 11.3 Å². The molecule has 2 aromatic heterocycles. The smallest absolute Gasteiger partial charge is 0.142 e. The molecule has 1 aliphatic rings. The average molecular weight is 234 g/mol. The fourth-order valence-electron chi connectivity index (χ4n) is 1.99. The maximum atomic E-state index is 4.72. The summed E-state index contributed by atoms with van der Waals surface area (Å²) in [7, 11) is 0. The molecule has 84 valence electrons. The summed E-state index contributed by atoms with van der Waals surface area (Å²) in [4.78, 5) is 10.3. The Morgan fingerprint density at radius 2 is 2.50 bits per heavy atom. The molecule has 3 rings (SSSR count).